The molecule has 1 fully saturated rings. The second-order valence-corrected chi connectivity index (χ2v) is 11.7. The molecular weight excluding hydrogens is 524 g/mol. The van der Waals surface area contributed by atoms with Gasteiger partial charge >= 0.3 is 5.69 Å². The molecule has 3 aromatic heterocycles. The van der Waals surface area contributed by atoms with Crippen LogP contribution in [-0.2, 0) is 16.6 Å². The van der Waals surface area contributed by atoms with Crippen molar-refractivity contribution in [3.8, 4) is 17.1 Å². The van der Waals surface area contributed by atoms with Crippen molar-refractivity contribution in [2.24, 2.45) is 0 Å². The minimum Gasteiger partial charge on any atom is -0.493 e. The van der Waals surface area contributed by atoms with Crippen LogP contribution in [0, 0.1) is 0 Å². The lowest BCUT2D eigenvalue weighted by Gasteiger charge is -2.36. The van der Waals surface area contributed by atoms with Gasteiger partial charge in [0.05, 0.1) is 23.7 Å². The zero-order chi connectivity index (χ0) is 27.7. The van der Waals surface area contributed by atoms with Crippen molar-refractivity contribution in [3.05, 3.63) is 35.0 Å². The number of aliphatic hydroxyl groups excluding tert-OH is 1. The number of nitrogens with one attached hydrogen (secondary N) is 1. The van der Waals surface area contributed by atoms with Gasteiger partial charge in [-0.25, -0.2) is 22.6 Å². The first-order valence-corrected chi connectivity index (χ1v) is 14.7. The number of piperazine rings is 1. The fraction of sp³-hybridized carbons (Fsp3) is 0.520. The molecule has 0 bridgehead atoms. The van der Waals surface area contributed by atoms with Gasteiger partial charge in [-0.2, -0.15) is 4.31 Å². The van der Waals surface area contributed by atoms with Crippen molar-refractivity contribution in [2.75, 3.05) is 39.4 Å². The monoisotopic (exact) mass is 558 g/mol. The molecule has 0 amide bonds. The third kappa shape index (κ3) is 4.93. The van der Waals surface area contributed by atoms with Crippen molar-refractivity contribution in [1.29, 1.82) is 0 Å². The number of aryl methyl sites for hydroxylation is 1. The fourth-order valence-corrected chi connectivity index (χ4v) is 6.32. The number of aliphatic hydroxyl groups is 1. The van der Waals surface area contributed by atoms with Crippen LogP contribution in [0.1, 0.15) is 33.6 Å². The number of benzene rings is 1. The lowest BCUT2D eigenvalue weighted by Crippen LogP contribution is -2.52. The highest BCUT2D eigenvalue weighted by Gasteiger charge is 2.31. The van der Waals surface area contributed by atoms with Crippen molar-refractivity contribution in [2.45, 2.75) is 51.1 Å². The van der Waals surface area contributed by atoms with Gasteiger partial charge in [0.2, 0.25) is 10.0 Å². The van der Waals surface area contributed by atoms with E-state index in [2.05, 4.69) is 20.1 Å². The molecular formula is C25H34N8O5S. The van der Waals surface area contributed by atoms with Crippen LogP contribution < -0.4 is 10.4 Å². The van der Waals surface area contributed by atoms with Crippen molar-refractivity contribution >= 4 is 26.8 Å². The van der Waals surface area contributed by atoms with Gasteiger partial charge in [0.15, 0.2) is 11.3 Å². The Bertz CT molecular complexity index is 1640. The lowest BCUT2D eigenvalue weighted by molar-refractivity contribution is 0.100. The molecule has 13 nitrogen and oxygen atoms in total. The number of hydrogen-bond acceptors (Lipinski definition) is 9. The van der Waals surface area contributed by atoms with Crippen LogP contribution in [0.3, 0.4) is 0 Å². The maximum atomic E-state index is 13.7. The third-order valence-electron chi connectivity index (χ3n) is 7.06. The number of sulfonamides is 1. The van der Waals surface area contributed by atoms with E-state index >= 15 is 0 Å². The Balaban J connectivity index is 1.59. The summed E-state index contributed by atoms with van der Waals surface area (Å²) in [5.74, 6) is 0.855. The summed E-state index contributed by atoms with van der Waals surface area (Å²) in [5, 5.41) is 17.5. The topological polar surface area (TPSA) is 151 Å². The Hall–Kier alpha value is -3.33. The Morgan fingerprint density at radius 2 is 1.90 bits per heavy atom. The minimum absolute atomic E-state index is 0.0219. The van der Waals surface area contributed by atoms with Crippen molar-refractivity contribution < 1.29 is 18.3 Å². The van der Waals surface area contributed by atoms with E-state index in [1.165, 1.54) is 15.0 Å². The van der Waals surface area contributed by atoms with Crippen LogP contribution >= 0.6 is 0 Å². The van der Waals surface area contributed by atoms with E-state index in [0.717, 1.165) is 6.42 Å². The summed E-state index contributed by atoms with van der Waals surface area (Å²) in [6, 6.07) is 4.76. The Morgan fingerprint density at radius 3 is 2.59 bits per heavy atom. The first kappa shape index (κ1) is 27.2. The summed E-state index contributed by atoms with van der Waals surface area (Å²) in [5.41, 5.74) is 1.47. The average molecular weight is 559 g/mol. The van der Waals surface area contributed by atoms with E-state index in [1.807, 2.05) is 20.8 Å². The first-order chi connectivity index (χ1) is 18.8. The molecule has 210 valence electrons. The van der Waals surface area contributed by atoms with Gasteiger partial charge < -0.3 is 14.8 Å². The van der Waals surface area contributed by atoms with Gasteiger partial charge in [-0.1, -0.05) is 13.8 Å². The number of aromatic amines is 1. The third-order valence-corrected chi connectivity index (χ3v) is 8.96. The van der Waals surface area contributed by atoms with Crippen LogP contribution in [0.5, 0.6) is 5.75 Å². The maximum absolute atomic E-state index is 13.7. The number of hydrogen-bond donors (Lipinski definition) is 2. The Labute approximate surface area is 226 Å². The standard InChI is InChI=1S/C25H34N8O5S/c1-4-8-32-23-21(24-29-26-16-33(24)25(32)35)27-22(28-23)19-14-18(6-7-20(19)38-13-5-2)39(36,37)31-11-9-30(10-12-31)17(3)15-34/h6-7,14,16-17,34H,4-5,8-13,15H2,1-3H3,(H,27,28). The molecule has 1 aliphatic rings. The van der Waals surface area contributed by atoms with Crippen LogP contribution in [-0.4, -0.2) is 97.3 Å². The molecule has 0 aliphatic carbocycles. The van der Waals surface area contributed by atoms with E-state index in [1.54, 1.807) is 22.8 Å². The normalized spacial score (nSPS) is 16.3. The molecule has 5 rings (SSSR count). The number of ether oxygens (including phenoxy) is 1. The number of rotatable bonds is 10. The Kier molecular flexibility index (Phi) is 7.71. The molecule has 1 atom stereocenters. The number of imidazole rings is 1. The SMILES string of the molecule is CCCOc1ccc(S(=O)(=O)N2CCN(C(C)CO)CC2)cc1-c1nc2c([nH]1)c1nncn1c(=O)n2CCC. The zero-order valence-electron chi connectivity index (χ0n) is 22.4. The molecule has 0 radical (unpaired) electrons. The highest BCUT2D eigenvalue weighted by atomic mass is 32.2. The molecule has 1 saturated heterocycles. The zero-order valence-corrected chi connectivity index (χ0v) is 23.2. The molecule has 14 heteroatoms. The molecule has 1 aliphatic heterocycles. The van der Waals surface area contributed by atoms with E-state index in [0.29, 0.717) is 79.7 Å². The predicted molar refractivity (Wildman–Crippen MR) is 145 cm³/mol. The van der Waals surface area contributed by atoms with E-state index in [4.69, 9.17) is 9.72 Å². The van der Waals surface area contributed by atoms with E-state index < -0.39 is 10.0 Å². The molecule has 0 spiro atoms. The largest absolute Gasteiger partial charge is 0.493 e. The molecule has 4 heterocycles. The summed E-state index contributed by atoms with van der Waals surface area (Å²) in [6.45, 7) is 8.54. The first-order valence-electron chi connectivity index (χ1n) is 13.2. The second kappa shape index (κ2) is 11.0. The van der Waals surface area contributed by atoms with Crippen LogP contribution in [0.2, 0.25) is 0 Å². The number of H-pyrrole nitrogens is 1. The van der Waals surface area contributed by atoms with Crippen molar-refractivity contribution in [3.63, 3.8) is 0 Å². The minimum atomic E-state index is -3.80. The van der Waals surface area contributed by atoms with Gasteiger partial charge in [0, 0.05) is 38.8 Å². The summed E-state index contributed by atoms with van der Waals surface area (Å²) in [4.78, 5) is 23.3. The van der Waals surface area contributed by atoms with Gasteiger partial charge in [0.25, 0.3) is 0 Å². The highest BCUT2D eigenvalue weighted by molar-refractivity contribution is 7.89. The Morgan fingerprint density at radius 1 is 1.13 bits per heavy atom. The molecule has 1 aromatic carbocycles. The maximum Gasteiger partial charge on any atom is 0.336 e. The second-order valence-electron chi connectivity index (χ2n) is 9.72. The quantitative estimate of drug-likeness (QED) is 0.294. The summed E-state index contributed by atoms with van der Waals surface area (Å²) in [7, 11) is -3.80. The number of fused-ring (bicyclic) bond motifs is 3. The number of nitrogens with zero attached hydrogens (tertiary/aromatic N) is 7. The average Bonchev–Trinajstić information content (AvgIpc) is 3.62. The molecule has 0 saturated carbocycles. The molecule has 4 aromatic rings. The van der Waals surface area contributed by atoms with Gasteiger partial charge in [-0.3, -0.25) is 9.47 Å². The van der Waals surface area contributed by atoms with Gasteiger partial charge in [-0.05, 0) is 38.0 Å². The smallest absolute Gasteiger partial charge is 0.336 e. The molecule has 1 unspecified atom stereocenters. The van der Waals surface area contributed by atoms with Crippen LogP contribution in [0.4, 0.5) is 0 Å². The number of aromatic nitrogens is 6. The summed E-state index contributed by atoms with van der Waals surface area (Å²) in [6.07, 6.45) is 2.86. The lowest BCUT2D eigenvalue weighted by atomic mass is 10.2. The van der Waals surface area contributed by atoms with E-state index in [-0.39, 0.29) is 23.2 Å². The molecule has 2 N–H and O–H groups in total. The fourth-order valence-electron chi connectivity index (χ4n) is 4.88. The summed E-state index contributed by atoms with van der Waals surface area (Å²) < 4.78 is 37.7. The molecule has 39 heavy (non-hydrogen) atoms. The van der Waals surface area contributed by atoms with Crippen molar-refractivity contribution in [1.82, 2.24) is 38.3 Å². The summed E-state index contributed by atoms with van der Waals surface area (Å²) >= 11 is 0. The van der Waals surface area contributed by atoms with E-state index in [9.17, 15) is 18.3 Å². The van der Waals surface area contributed by atoms with Crippen LogP contribution in [0.25, 0.3) is 28.2 Å². The highest BCUT2D eigenvalue weighted by Crippen LogP contribution is 2.33. The van der Waals surface area contributed by atoms with Gasteiger partial charge in [-0.15, -0.1) is 10.2 Å². The predicted octanol–water partition coefficient (Wildman–Crippen LogP) is 1.32. The van der Waals surface area contributed by atoms with Gasteiger partial charge in [0.1, 0.15) is 23.4 Å². The van der Waals surface area contributed by atoms with Crippen LogP contribution in [0.15, 0.2) is 34.2 Å².